The molecule has 4 rings (SSSR count). The minimum absolute atomic E-state index is 0.0524. The van der Waals surface area contributed by atoms with Gasteiger partial charge in [0.25, 0.3) is 11.8 Å². The molecule has 3 aliphatic rings. The van der Waals surface area contributed by atoms with Crippen LogP contribution in [0.25, 0.3) is 0 Å². The molecule has 1 aromatic rings. The van der Waals surface area contributed by atoms with Crippen molar-refractivity contribution in [2.75, 3.05) is 25.0 Å². The van der Waals surface area contributed by atoms with Crippen molar-refractivity contribution in [2.24, 2.45) is 5.92 Å². The fourth-order valence-corrected chi connectivity index (χ4v) is 4.70. The highest BCUT2D eigenvalue weighted by atomic mass is 19.4. The van der Waals surface area contributed by atoms with Gasteiger partial charge < -0.3 is 20.2 Å². The van der Waals surface area contributed by atoms with E-state index in [1.54, 1.807) is 23.1 Å². The van der Waals surface area contributed by atoms with Crippen molar-refractivity contribution >= 4 is 23.4 Å². The number of aliphatic hydroxyl groups is 1. The average Bonchev–Trinajstić information content (AvgIpc) is 3.15. The molecule has 168 valence electrons. The van der Waals surface area contributed by atoms with Crippen LogP contribution in [0, 0.1) is 5.92 Å². The van der Waals surface area contributed by atoms with E-state index >= 15 is 0 Å². The number of hydrogen-bond acceptors (Lipinski definition) is 4. The summed E-state index contributed by atoms with van der Waals surface area (Å²) < 4.78 is 39.3. The standard InChI is InChI=1S/C21H24F3N3O4/c1-20(31,21(22,23)24)19(30)26-10-14-3-2-8-27(16(14)11-26)18(29)13-5-4-12-6-7-17(28)25-15(12)9-13/h4-5,9,14,16,31H,2-3,6-8,10-11H2,1H3,(H,25,28)/t14-,16+,20?/m1/s1. The van der Waals surface area contributed by atoms with Crippen molar-refractivity contribution in [2.45, 2.75) is 50.4 Å². The van der Waals surface area contributed by atoms with Crippen LogP contribution in [0.5, 0.6) is 0 Å². The molecule has 3 amide bonds. The average molecular weight is 439 g/mol. The maximum absolute atomic E-state index is 13.2. The van der Waals surface area contributed by atoms with E-state index < -0.39 is 23.7 Å². The van der Waals surface area contributed by atoms with Crippen LogP contribution in [-0.4, -0.2) is 70.1 Å². The number of amides is 3. The van der Waals surface area contributed by atoms with E-state index in [9.17, 15) is 32.7 Å². The fraction of sp³-hybridized carbons (Fsp3) is 0.571. The quantitative estimate of drug-likeness (QED) is 0.737. The highest BCUT2D eigenvalue weighted by molar-refractivity contribution is 5.99. The zero-order valence-corrected chi connectivity index (χ0v) is 17.0. The third kappa shape index (κ3) is 3.77. The first kappa shape index (κ1) is 21.6. The van der Waals surface area contributed by atoms with E-state index in [-0.39, 0.29) is 30.8 Å². The van der Waals surface area contributed by atoms with Crippen LogP contribution in [0.3, 0.4) is 0 Å². The number of likely N-dealkylation sites (tertiary alicyclic amines) is 2. The summed E-state index contributed by atoms with van der Waals surface area (Å²) in [6.45, 7) is 0.908. The van der Waals surface area contributed by atoms with Crippen molar-refractivity contribution < 1.29 is 32.7 Å². The molecule has 3 heterocycles. The number of hydrogen-bond donors (Lipinski definition) is 2. The van der Waals surface area contributed by atoms with E-state index in [0.29, 0.717) is 50.4 Å². The molecule has 0 radical (unpaired) electrons. The van der Waals surface area contributed by atoms with Crippen LogP contribution >= 0.6 is 0 Å². The van der Waals surface area contributed by atoms with Gasteiger partial charge in [-0.1, -0.05) is 6.07 Å². The second-order valence-corrected chi connectivity index (χ2v) is 8.67. The smallest absolute Gasteiger partial charge is 0.373 e. The van der Waals surface area contributed by atoms with Gasteiger partial charge in [0.2, 0.25) is 11.5 Å². The summed E-state index contributed by atoms with van der Waals surface area (Å²) in [5, 5.41) is 12.5. The Hall–Kier alpha value is -2.62. The first-order valence-electron chi connectivity index (χ1n) is 10.3. The Kier molecular flexibility index (Phi) is 5.23. The number of halogens is 3. The van der Waals surface area contributed by atoms with E-state index in [1.165, 1.54) is 0 Å². The Labute approximate surface area is 177 Å². The van der Waals surface area contributed by atoms with Crippen molar-refractivity contribution in [3.63, 3.8) is 0 Å². The monoisotopic (exact) mass is 439 g/mol. The van der Waals surface area contributed by atoms with Gasteiger partial charge in [0, 0.05) is 37.3 Å². The molecule has 0 aromatic heterocycles. The Balaban J connectivity index is 1.53. The van der Waals surface area contributed by atoms with Gasteiger partial charge >= 0.3 is 6.18 Å². The molecular weight excluding hydrogens is 415 g/mol. The molecule has 0 aliphatic carbocycles. The minimum atomic E-state index is -5.08. The lowest BCUT2D eigenvalue weighted by Gasteiger charge is -2.37. The van der Waals surface area contributed by atoms with Crippen molar-refractivity contribution in [3.8, 4) is 0 Å². The van der Waals surface area contributed by atoms with Gasteiger partial charge in [0.05, 0.1) is 6.04 Å². The molecule has 1 aromatic carbocycles. The Morgan fingerprint density at radius 2 is 1.94 bits per heavy atom. The SMILES string of the molecule is CC(O)(C(=O)N1C[C@H]2CCCN(C(=O)c3ccc4c(c3)NC(=O)CC4)[C@H]2C1)C(F)(F)F. The van der Waals surface area contributed by atoms with Gasteiger partial charge in [-0.05, 0) is 49.8 Å². The lowest BCUT2D eigenvalue weighted by atomic mass is 9.91. The zero-order chi connectivity index (χ0) is 22.6. The van der Waals surface area contributed by atoms with Gasteiger partial charge in [-0.2, -0.15) is 13.2 Å². The molecule has 3 atom stereocenters. The molecule has 31 heavy (non-hydrogen) atoms. The number of fused-ring (bicyclic) bond motifs is 2. The van der Waals surface area contributed by atoms with Crippen LogP contribution in [0.4, 0.5) is 18.9 Å². The Morgan fingerprint density at radius 1 is 1.19 bits per heavy atom. The lowest BCUT2D eigenvalue weighted by Crippen LogP contribution is -2.56. The summed E-state index contributed by atoms with van der Waals surface area (Å²) in [4.78, 5) is 39.9. The van der Waals surface area contributed by atoms with Crippen molar-refractivity contribution in [1.82, 2.24) is 9.80 Å². The molecule has 2 fully saturated rings. The summed E-state index contributed by atoms with van der Waals surface area (Å²) in [6, 6.07) is 4.70. The number of anilines is 1. The second-order valence-electron chi connectivity index (χ2n) is 8.67. The maximum atomic E-state index is 13.2. The molecule has 1 unspecified atom stereocenters. The van der Waals surface area contributed by atoms with Gasteiger partial charge in [-0.25, -0.2) is 0 Å². The van der Waals surface area contributed by atoms with Crippen LogP contribution in [0.15, 0.2) is 18.2 Å². The van der Waals surface area contributed by atoms with E-state index in [4.69, 9.17) is 0 Å². The molecule has 2 N–H and O–H groups in total. The van der Waals surface area contributed by atoms with Crippen LogP contribution < -0.4 is 5.32 Å². The number of nitrogens with zero attached hydrogens (tertiary/aromatic N) is 2. The van der Waals surface area contributed by atoms with E-state index in [1.807, 2.05) is 0 Å². The topological polar surface area (TPSA) is 89.9 Å². The highest BCUT2D eigenvalue weighted by Gasteiger charge is 2.58. The Bertz CT molecular complexity index is 931. The number of piperidine rings is 1. The van der Waals surface area contributed by atoms with Gasteiger partial charge in [0.1, 0.15) is 0 Å². The summed E-state index contributed by atoms with van der Waals surface area (Å²) >= 11 is 0. The molecule has 0 spiro atoms. The van der Waals surface area contributed by atoms with Crippen LogP contribution in [0.2, 0.25) is 0 Å². The largest absolute Gasteiger partial charge is 0.426 e. The third-order valence-electron chi connectivity index (χ3n) is 6.55. The molecular formula is C21H24F3N3O4. The normalized spacial score (nSPS) is 25.4. The highest BCUT2D eigenvalue weighted by Crippen LogP contribution is 2.37. The summed E-state index contributed by atoms with van der Waals surface area (Å²) in [5.74, 6) is -1.94. The molecule has 0 saturated carbocycles. The van der Waals surface area contributed by atoms with E-state index in [2.05, 4.69) is 5.32 Å². The number of carbonyl (C=O) groups excluding carboxylic acids is 3. The molecule has 7 nitrogen and oxygen atoms in total. The Morgan fingerprint density at radius 3 is 2.65 bits per heavy atom. The number of benzene rings is 1. The first-order chi connectivity index (χ1) is 14.5. The predicted molar refractivity (Wildman–Crippen MR) is 104 cm³/mol. The predicted octanol–water partition coefficient (Wildman–Crippen LogP) is 1.95. The molecule has 0 bridgehead atoms. The third-order valence-corrected chi connectivity index (χ3v) is 6.55. The number of rotatable bonds is 2. The molecule has 3 aliphatic heterocycles. The van der Waals surface area contributed by atoms with Gasteiger partial charge in [-0.3, -0.25) is 14.4 Å². The van der Waals surface area contributed by atoms with Gasteiger partial charge in [0.15, 0.2) is 0 Å². The first-order valence-corrected chi connectivity index (χ1v) is 10.3. The number of nitrogens with one attached hydrogen (secondary N) is 1. The maximum Gasteiger partial charge on any atom is 0.426 e. The fourth-order valence-electron chi connectivity index (χ4n) is 4.70. The summed E-state index contributed by atoms with van der Waals surface area (Å²) in [5.41, 5.74) is -1.54. The molecule has 10 heteroatoms. The molecule has 2 saturated heterocycles. The zero-order valence-electron chi connectivity index (χ0n) is 17.0. The summed E-state index contributed by atoms with van der Waals surface area (Å²) in [7, 11) is 0. The second kappa shape index (κ2) is 7.51. The van der Waals surface area contributed by atoms with Crippen molar-refractivity contribution in [1.29, 1.82) is 0 Å². The van der Waals surface area contributed by atoms with Crippen molar-refractivity contribution in [3.05, 3.63) is 29.3 Å². The van der Waals surface area contributed by atoms with Crippen LogP contribution in [-0.2, 0) is 16.0 Å². The lowest BCUT2D eigenvalue weighted by molar-refractivity contribution is -0.249. The summed E-state index contributed by atoms with van der Waals surface area (Å²) in [6.07, 6.45) is -2.73. The number of carbonyl (C=O) groups is 3. The number of aryl methyl sites for hydroxylation is 1. The van der Waals surface area contributed by atoms with Crippen LogP contribution in [0.1, 0.15) is 42.1 Å². The van der Waals surface area contributed by atoms with E-state index in [0.717, 1.165) is 10.5 Å². The number of alkyl halides is 3. The van der Waals surface area contributed by atoms with Gasteiger partial charge in [-0.15, -0.1) is 0 Å². The minimum Gasteiger partial charge on any atom is -0.373 e.